The van der Waals surface area contributed by atoms with Crippen molar-refractivity contribution in [3.8, 4) is 55.9 Å². The highest BCUT2D eigenvalue weighted by atomic mass is 15.0. The molecule has 0 saturated heterocycles. The van der Waals surface area contributed by atoms with Gasteiger partial charge in [0.1, 0.15) is 0 Å². The van der Waals surface area contributed by atoms with E-state index in [1.165, 1.54) is 105 Å². The van der Waals surface area contributed by atoms with Crippen LogP contribution in [-0.2, 0) is 5.41 Å². The van der Waals surface area contributed by atoms with Crippen LogP contribution in [0.2, 0.25) is 0 Å². The summed E-state index contributed by atoms with van der Waals surface area (Å²) >= 11 is 0. The van der Waals surface area contributed by atoms with Gasteiger partial charge in [0.15, 0.2) is 0 Å². The molecule has 12 rings (SSSR count). The molecule has 1 aliphatic rings. The topological polar surface area (TPSA) is 9.86 Å². The van der Waals surface area contributed by atoms with Gasteiger partial charge in [0.05, 0.1) is 22.1 Å². The minimum Gasteiger partial charge on any atom is -0.309 e. The average molecular weight is 753 g/mol. The van der Waals surface area contributed by atoms with Crippen molar-refractivity contribution in [3.63, 3.8) is 0 Å². The average Bonchev–Trinajstić information content (AvgIpc) is 3.89. The third-order valence-corrected chi connectivity index (χ3v) is 12.9. The zero-order chi connectivity index (χ0) is 39.2. The van der Waals surface area contributed by atoms with Gasteiger partial charge in [-0.05, 0) is 128 Å². The Hall–Kier alpha value is -7.42. The van der Waals surface area contributed by atoms with E-state index < -0.39 is 0 Å². The van der Waals surface area contributed by atoms with Gasteiger partial charge in [-0.2, -0.15) is 0 Å². The summed E-state index contributed by atoms with van der Waals surface area (Å²) in [7, 11) is 0. The van der Waals surface area contributed by atoms with Gasteiger partial charge >= 0.3 is 0 Å². The number of rotatable bonds is 5. The molecule has 0 fully saturated rings. The number of para-hydroxylation sites is 3. The van der Waals surface area contributed by atoms with Crippen molar-refractivity contribution >= 4 is 43.6 Å². The van der Waals surface area contributed by atoms with Crippen LogP contribution in [0.25, 0.3) is 99.5 Å². The third kappa shape index (κ3) is 5.06. The molecule has 2 heteroatoms. The Labute approximate surface area is 343 Å². The van der Waals surface area contributed by atoms with Gasteiger partial charge in [-0.3, -0.25) is 0 Å². The van der Waals surface area contributed by atoms with Gasteiger partial charge in [0.2, 0.25) is 0 Å². The van der Waals surface area contributed by atoms with Crippen molar-refractivity contribution in [3.05, 3.63) is 217 Å². The lowest BCUT2D eigenvalue weighted by Crippen LogP contribution is -2.15. The van der Waals surface area contributed by atoms with Crippen LogP contribution in [-0.4, -0.2) is 9.13 Å². The van der Waals surface area contributed by atoms with Crippen molar-refractivity contribution in [1.29, 1.82) is 0 Å². The summed E-state index contributed by atoms with van der Waals surface area (Å²) in [5.74, 6) is 0. The van der Waals surface area contributed by atoms with Crippen LogP contribution in [0.1, 0.15) is 25.0 Å². The molecule has 0 saturated carbocycles. The Morgan fingerprint density at radius 2 is 0.797 bits per heavy atom. The summed E-state index contributed by atoms with van der Waals surface area (Å²) in [6.07, 6.45) is 0. The van der Waals surface area contributed by atoms with Crippen molar-refractivity contribution in [2.75, 3.05) is 0 Å². The summed E-state index contributed by atoms with van der Waals surface area (Å²) < 4.78 is 4.81. The number of fused-ring (bicyclic) bond motifs is 9. The molecule has 0 amide bonds. The van der Waals surface area contributed by atoms with Gasteiger partial charge in [-0.15, -0.1) is 0 Å². The Kier molecular flexibility index (Phi) is 7.31. The van der Waals surface area contributed by atoms with E-state index in [4.69, 9.17) is 0 Å². The van der Waals surface area contributed by atoms with Gasteiger partial charge in [-0.25, -0.2) is 0 Å². The first-order chi connectivity index (χ1) is 29.0. The Balaban J connectivity index is 1.06. The second-order valence-corrected chi connectivity index (χ2v) is 16.5. The van der Waals surface area contributed by atoms with E-state index in [2.05, 4.69) is 229 Å². The molecule has 2 heterocycles. The minimum absolute atomic E-state index is 0.157. The predicted molar refractivity (Wildman–Crippen MR) is 249 cm³/mol. The lowest BCUT2D eigenvalue weighted by Gasteiger charge is -2.23. The summed E-state index contributed by atoms with van der Waals surface area (Å²) in [6.45, 7) is 4.78. The van der Waals surface area contributed by atoms with Crippen LogP contribution in [0.5, 0.6) is 0 Å². The highest BCUT2D eigenvalue weighted by molar-refractivity contribution is 6.12. The van der Waals surface area contributed by atoms with E-state index in [1.54, 1.807) is 0 Å². The van der Waals surface area contributed by atoms with E-state index in [9.17, 15) is 0 Å². The van der Waals surface area contributed by atoms with E-state index in [1.807, 2.05) is 0 Å². The molecular weight excluding hydrogens is 713 g/mol. The molecule has 9 aromatic carbocycles. The maximum atomic E-state index is 2.47. The number of hydrogen-bond donors (Lipinski definition) is 0. The Bertz CT molecular complexity index is 3440. The lowest BCUT2D eigenvalue weighted by molar-refractivity contribution is 0.660. The smallest absolute Gasteiger partial charge is 0.0541 e. The second-order valence-electron chi connectivity index (χ2n) is 16.5. The molecule has 0 spiro atoms. The summed E-state index contributed by atoms with van der Waals surface area (Å²) in [6, 6.07) is 76.1. The molecule has 0 radical (unpaired) electrons. The van der Waals surface area contributed by atoms with E-state index in [0.717, 1.165) is 5.69 Å². The maximum absolute atomic E-state index is 2.47. The zero-order valence-corrected chi connectivity index (χ0v) is 33.0. The van der Waals surface area contributed by atoms with Crippen molar-refractivity contribution in [2.45, 2.75) is 19.3 Å². The fourth-order valence-electron chi connectivity index (χ4n) is 10.1. The predicted octanol–water partition coefficient (Wildman–Crippen LogP) is 15.2. The molecule has 2 aromatic heterocycles. The van der Waals surface area contributed by atoms with Crippen LogP contribution in [0.4, 0.5) is 0 Å². The molecule has 0 atom stereocenters. The van der Waals surface area contributed by atoms with Crippen molar-refractivity contribution in [2.24, 2.45) is 0 Å². The molecule has 278 valence electrons. The molecule has 0 aliphatic heterocycles. The van der Waals surface area contributed by atoms with Gasteiger partial charge in [-0.1, -0.05) is 147 Å². The van der Waals surface area contributed by atoms with Crippen LogP contribution < -0.4 is 0 Å². The van der Waals surface area contributed by atoms with E-state index >= 15 is 0 Å². The fraction of sp³-hybridized carbons (Fsp3) is 0.0526. The molecule has 59 heavy (non-hydrogen) atoms. The Morgan fingerprint density at radius 1 is 0.305 bits per heavy atom. The number of aromatic nitrogens is 2. The maximum Gasteiger partial charge on any atom is 0.0541 e. The standard InChI is InChI=1S/C57H40N2/c1-57(2)50-22-12-9-21-46(50)56-47(40-28-32-55-49(34-40)45-20-11-13-23-52(45)58(55)42-17-7-4-8-18-42)35-41(36-51(56)57)39-27-31-54-48(33-39)44-19-10-14-24-53(44)59(54)43-29-25-38(26-30-43)37-15-5-3-6-16-37/h3-36H,1-2H3. The summed E-state index contributed by atoms with van der Waals surface area (Å²) in [5, 5.41) is 5.03. The molecule has 11 aromatic rings. The third-order valence-electron chi connectivity index (χ3n) is 12.9. The van der Waals surface area contributed by atoms with Crippen LogP contribution in [0.3, 0.4) is 0 Å². The van der Waals surface area contributed by atoms with E-state index in [0.29, 0.717) is 0 Å². The van der Waals surface area contributed by atoms with Gasteiger partial charge in [0, 0.05) is 38.3 Å². The van der Waals surface area contributed by atoms with Gasteiger partial charge < -0.3 is 9.13 Å². The highest BCUT2D eigenvalue weighted by Crippen LogP contribution is 2.54. The lowest BCUT2D eigenvalue weighted by atomic mass is 9.80. The van der Waals surface area contributed by atoms with Crippen molar-refractivity contribution in [1.82, 2.24) is 9.13 Å². The normalized spacial score (nSPS) is 13.1. The largest absolute Gasteiger partial charge is 0.309 e. The van der Waals surface area contributed by atoms with Gasteiger partial charge in [0.25, 0.3) is 0 Å². The second kappa shape index (κ2) is 12.8. The number of benzene rings is 9. The summed E-state index contributed by atoms with van der Waals surface area (Å²) in [4.78, 5) is 0. The first kappa shape index (κ1) is 33.7. The first-order valence-corrected chi connectivity index (χ1v) is 20.6. The zero-order valence-electron chi connectivity index (χ0n) is 33.0. The molecular formula is C57H40N2. The first-order valence-electron chi connectivity index (χ1n) is 20.6. The molecule has 1 aliphatic carbocycles. The van der Waals surface area contributed by atoms with E-state index in [-0.39, 0.29) is 5.41 Å². The quantitative estimate of drug-likeness (QED) is 0.166. The molecule has 0 N–H and O–H groups in total. The van der Waals surface area contributed by atoms with Crippen LogP contribution in [0.15, 0.2) is 206 Å². The molecule has 2 nitrogen and oxygen atoms in total. The monoisotopic (exact) mass is 752 g/mol. The molecule has 0 bridgehead atoms. The van der Waals surface area contributed by atoms with Crippen LogP contribution >= 0.6 is 0 Å². The summed E-state index contributed by atoms with van der Waals surface area (Å²) in [5.41, 5.74) is 19.9. The number of nitrogens with zero attached hydrogens (tertiary/aromatic N) is 2. The van der Waals surface area contributed by atoms with Crippen molar-refractivity contribution < 1.29 is 0 Å². The van der Waals surface area contributed by atoms with Crippen LogP contribution in [0, 0.1) is 0 Å². The number of hydrogen-bond acceptors (Lipinski definition) is 0. The SMILES string of the molecule is CC1(C)c2ccccc2-c2c(-c3ccc4c(c3)c3ccccc3n4-c3ccccc3)cc(-c3ccc4c(c3)c3ccccc3n4-c3ccc(-c4ccccc4)cc3)cc21. The fourth-order valence-corrected chi connectivity index (χ4v) is 10.1. The Morgan fingerprint density at radius 3 is 1.47 bits per heavy atom. The highest BCUT2D eigenvalue weighted by Gasteiger charge is 2.37. The molecule has 0 unspecified atom stereocenters. The minimum atomic E-state index is -0.157.